The van der Waals surface area contributed by atoms with Crippen molar-refractivity contribution >= 4 is 17.5 Å². The number of anilines is 1. The van der Waals surface area contributed by atoms with Gasteiger partial charge >= 0.3 is 0 Å². The topological polar surface area (TPSA) is 70.5 Å². The van der Waals surface area contributed by atoms with Gasteiger partial charge in [0.2, 0.25) is 11.8 Å². The molecule has 2 amide bonds. The van der Waals surface area contributed by atoms with Gasteiger partial charge in [-0.25, -0.2) is 0 Å². The predicted molar refractivity (Wildman–Crippen MR) is 109 cm³/mol. The predicted octanol–water partition coefficient (Wildman–Crippen LogP) is 2.14. The van der Waals surface area contributed by atoms with E-state index in [0.717, 1.165) is 26.1 Å². The highest BCUT2D eigenvalue weighted by Gasteiger charge is 2.20. The lowest BCUT2D eigenvalue weighted by molar-refractivity contribution is -0.132. The van der Waals surface area contributed by atoms with E-state index >= 15 is 0 Å². The molecule has 0 fully saturated rings. The number of nitrogens with zero attached hydrogens (tertiary/aromatic N) is 4. The number of hydrogen-bond acceptors (Lipinski definition) is 4. The van der Waals surface area contributed by atoms with Crippen molar-refractivity contribution in [3.05, 3.63) is 47.8 Å². The van der Waals surface area contributed by atoms with Gasteiger partial charge in [0.1, 0.15) is 0 Å². The molecule has 0 saturated carbocycles. The summed E-state index contributed by atoms with van der Waals surface area (Å²) in [5.74, 6) is 0.0442. The van der Waals surface area contributed by atoms with E-state index in [0.29, 0.717) is 31.5 Å². The SMILES string of the molecule is CN(C)CCn1cc(NC(=O)CCCC(=O)N2CCc3ccccc3C2)cn1. The van der Waals surface area contributed by atoms with E-state index in [1.54, 1.807) is 6.20 Å². The van der Waals surface area contributed by atoms with Crippen molar-refractivity contribution in [2.45, 2.75) is 38.8 Å². The Balaban J connectivity index is 1.38. The van der Waals surface area contributed by atoms with Crippen molar-refractivity contribution < 1.29 is 9.59 Å². The molecule has 0 atom stereocenters. The van der Waals surface area contributed by atoms with Crippen LogP contribution >= 0.6 is 0 Å². The summed E-state index contributed by atoms with van der Waals surface area (Å²) in [7, 11) is 4.02. The lowest BCUT2D eigenvalue weighted by Gasteiger charge is -2.29. The van der Waals surface area contributed by atoms with Gasteiger partial charge in [0.25, 0.3) is 0 Å². The summed E-state index contributed by atoms with van der Waals surface area (Å²) in [6, 6.07) is 8.27. The Kier molecular flexibility index (Phi) is 6.81. The highest BCUT2D eigenvalue weighted by atomic mass is 16.2. The van der Waals surface area contributed by atoms with E-state index < -0.39 is 0 Å². The van der Waals surface area contributed by atoms with Gasteiger partial charge in [0, 0.05) is 38.7 Å². The average molecular weight is 383 g/mol. The Bertz CT molecular complexity index is 815. The number of carbonyl (C=O) groups excluding carboxylic acids is 2. The van der Waals surface area contributed by atoms with Gasteiger partial charge < -0.3 is 15.1 Å². The van der Waals surface area contributed by atoms with Crippen LogP contribution in [0, 0.1) is 0 Å². The first-order valence-corrected chi connectivity index (χ1v) is 9.83. The number of likely N-dealkylation sites (N-methyl/N-ethyl adjacent to an activating group) is 1. The van der Waals surface area contributed by atoms with Crippen LogP contribution < -0.4 is 5.32 Å². The van der Waals surface area contributed by atoms with E-state index in [4.69, 9.17) is 0 Å². The number of benzene rings is 1. The summed E-state index contributed by atoms with van der Waals surface area (Å²) >= 11 is 0. The highest BCUT2D eigenvalue weighted by Crippen LogP contribution is 2.19. The summed E-state index contributed by atoms with van der Waals surface area (Å²) in [5.41, 5.74) is 3.26. The van der Waals surface area contributed by atoms with Gasteiger partial charge in [-0.3, -0.25) is 14.3 Å². The van der Waals surface area contributed by atoms with Gasteiger partial charge in [-0.15, -0.1) is 0 Å². The normalized spacial score (nSPS) is 13.5. The van der Waals surface area contributed by atoms with Crippen LogP contribution in [0.5, 0.6) is 0 Å². The average Bonchev–Trinajstić information content (AvgIpc) is 3.13. The fourth-order valence-electron chi connectivity index (χ4n) is 3.34. The Morgan fingerprint density at radius 3 is 2.75 bits per heavy atom. The van der Waals surface area contributed by atoms with Crippen molar-refractivity contribution in [2.24, 2.45) is 0 Å². The maximum atomic E-state index is 12.5. The molecular weight excluding hydrogens is 354 g/mol. The molecule has 1 aromatic carbocycles. The molecule has 7 nitrogen and oxygen atoms in total. The number of rotatable bonds is 8. The van der Waals surface area contributed by atoms with Crippen LogP contribution in [-0.4, -0.2) is 58.6 Å². The number of amides is 2. The molecule has 150 valence electrons. The Labute approximate surface area is 166 Å². The monoisotopic (exact) mass is 383 g/mol. The molecule has 0 saturated heterocycles. The van der Waals surface area contributed by atoms with Crippen molar-refractivity contribution in [2.75, 3.05) is 32.5 Å². The second-order valence-electron chi connectivity index (χ2n) is 7.53. The van der Waals surface area contributed by atoms with E-state index in [9.17, 15) is 9.59 Å². The van der Waals surface area contributed by atoms with Gasteiger partial charge in [-0.1, -0.05) is 24.3 Å². The molecule has 0 aliphatic carbocycles. The third-order valence-electron chi connectivity index (χ3n) is 4.97. The zero-order chi connectivity index (χ0) is 19.9. The molecular formula is C21H29N5O2. The maximum absolute atomic E-state index is 12.5. The van der Waals surface area contributed by atoms with Gasteiger partial charge in [0.05, 0.1) is 18.4 Å². The zero-order valence-corrected chi connectivity index (χ0v) is 16.7. The van der Waals surface area contributed by atoms with E-state index in [2.05, 4.69) is 27.4 Å². The number of aromatic nitrogens is 2. The van der Waals surface area contributed by atoms with Gasteiger partial charge in [0.15, 0.2) is 0 Å². The molecule has 2 aromatic rings. The first-order chi connectivity index (χ1) is 13.5. The first kappa shape index (κ1) is 20.1. The third-order valence-corrected chi connectivity index (χ3v) is 4.97. The summed E-state index contributed by atoms with van der Waals surface area (Å²) < 4.78 is 1.81. The van der Waals surface area contributed by atoms with E-state index in [1.165, 1.54) is 11.1 Å². The number of hydrogen-bond donors (Lipinski definition) is 1. The Hall–Kier alpha value is -2.67. The quantitative estimate of drug-likeness (QED) is 0.758. The molecule has 3 rings (SSSR count). The Morgan fingerprint density at radius 1 is 1.18 bits per heavy atom. The zero-order valence-electron chi connectivity index (χ0n) is 16.7. The Morgan fingerprint density at radius 2 is 1.96 bits per heavy atom. The summed E-state index contributed by atoms with van der Waals surface area (Å²) in [6.45, 7) is 3.09. The first-order valence-electron chi connectivity index (χ1n) is 9.83. The van der Waals surface area contributed by atoms with Gasteiger partial charge in [-0.2, -0.15) is 5.10 Å². The molecule has 7 heteroatoms. The molecule has 1 N–H and O–H groups in total. The van der Waals surface area contributed by atoms with Crippen molar-refractivity contribution in [1.29, 1.82) is 0 Å². The summed E-state index contributed by atoms with van der Waals surface area (Å²) in [6.07, 6.45) is 5.68. The third kappa shape index (κ3) is 5.66. The second kappa shape index (κ2) is 9.50. The van der Waals surface area contributed by atoms with Crippen molar-refractivity contribution in [1.82, 2.24) is 19.6 Å². The van der Waals surface area contributed by atoms with Crippen LogP contribution in [0.15, 0.2) is 36.7 Å². The molecule has 0 spiro atoms. The van der Waals surface area contributed by atoms with Crippen LogP contribution in [0.4, 0.5) is 5.69 Å². The summed E-state index contributed by atoms with van der Waals surface area (Å²) in [4.78, 5) is 28.6. The molecule has 0 bridgehead atoms. The molecule has 2 heterocycles. The molecule has 0 radical (unpaired) electrons. The van der Waals surface area contributed by atoms with E-state index in [1.807, 2.05) is 42.0 Å². The standard InChI is InChI=1S/C21H29N5O2/c1-24(2)12-13-26-16-19(14-22-26)23-20(27)8-5-9-21(28)25-11-10-17-6-3-4-7-18(17)15-25/h3-4,6-7,14,16H,5,8-13,15H2,1-2H3,(H,23,27). The van der Waals surface area contributed by atoms with Crippen molar-refractivity contribution in [3.63, 3.8) is 0 Å². The highest BCUT2D eigenvalue weighted by molar-refractivity contribution is 5.90. The molecule has 1 aromatic heterocycles. The smallest absolute Gasteiger partial charge is 0.224 e. The van der Waals surface area contributed by atoms with Crippen LogP contribution in [0.3, 0.4) is 0 Å². The minimum absolute atomic E-state index is 0.0797. The molecule has 1 aliphatic rings. The van der Waals surface area contributed by atoms with Gasteiger partial charge in [-0.05, 0) is 38.1 Å². The lowest BCUT2D eigenvalue weighted by Crippen LogP contribution is -2.35. The largest absolute Gasteiger partial charge is 0.338 e. The second-order valence-corrected chi connectivity index (χ2v) is 7.53. The minimum Gasteiger partial charge on any atom is -0.338 e. The number of fused-ring (bicyclic) bond motifs is 1. The van der Waals surface area contributed by atoms with Crippen LogP contribution in [0.2, 0.25) is 0 Å². The number of carbonyl (C=O) groups is 2. The van der Waals surface area contributed by atoms with Crippen molar-refractivity contribution in [3.8, 4) is 0 Å². The molecule has 1 aliphatic heterocycles. The lowest BCUT2D eigenvalue weighted by atomic mass is 9.99. The molecule has 0 unspecified atom stereocenters. The van der Waals surface area contributed by atoms with E-state index in [-0.39, 0.29) is 11.8 Å². The maximum Gasteiger partial charge on any atom is 0.224 e. The fourth-order valence-corrected chi connectivity index (χ4v) is 3.34. The summed E-state index contributed by atoms with van der Waals surface area (Å²) in [5, 5.41) is 7.10. The molecule has 28 heavy (non-hydrogen) atoms. The van der Waals surface area contributed by atoms with Crippen LogP contribution in [0.1, 0.15) is 30.4 Å². The fraction of sp³-hybridized carbons (Fsp3) is 0.476. The minimum atomic E-state index is -0.0797. The van der Waals surface area contributed by atoms with Crippen LogP contribution in [0.25, 0.3) is 0 Å². The van der Waals surface area contributed by atoms with Crippen LogP contribution in [-0.2, 0) is 29.1 Å². The number of nitrogens with one attached hydrogen (secondary N) is 1.